The Hall–Kier alpha value is -6.74. The Morgan fingerprint density at radius 3 is 1.09 bits per heavy atom. The number of nitrogens with two attached hydrogens (primary N) is 2. The number of carbonyl (C=O) groups is 6. The molecule has 0 spiro atoms. The van der Waals surface area contributed by atoms with Crippen molar-refractivity contribution in [3.05, 3.63) is 144 Å². The number of alkyl carbamates (subject to hydrolysis) is 2. The second-order valence-electron chi connectivity index (χ2n) is 13.0. The summed E-state index contributed by atoms with van der Waals surface area (Å²) in [5, 5.41) is 22.3. The van der Waals surface area contributed by atoms with Gasteiger partial charge >= 0.3 is 12.2 Å². The number of primary amides is 2. The molecular formula is C41H46N6O9. The molecule has 6 amide bonds. The van der Waals surface area contributed by atoms with E-state index in [2.05, 4.69) is 21.3 Å². The van der Waals surface area contributed by atoms with Crippen molar-refractivity contribution in [3.8, 4) is 0 Å². The maximum absolute atomic E-state index is 13.8. The first kappa shape index (κ1) is 42.0. The van der Waals surface area contributed by atoms with Crippen LogP contribution >= 0.6 is 0 Å². The highest BCUT2D eigenvalue weighted by atomic mass is 16.6. The Bertz CT molecular complexity index is 1750. The molecule has 0 aliphatic carbocycles. The molecule has 15 heteroatoms. The highest BCUT2D eigenvalue weighted by Gasteiger charge is 2.35. The normalized spacial score (nSPS) is 13.4. The van der Waals surface area contributed by atoms with E-state index in [4.69, 9.17) is 20.9 Å². The number of ether oxygens (including phenoxy) is 2. The molecule has 4 rings (SSSR count). The molecular weight excluding hydrogens is 720 g/mol. The Balaban J connectivity index is 1.57. The summed E-state index contributed by atoms with van der Waals surface area (Å²) in [6.07, 6.45) is -4.63. The highest BCUT2D eigenvalue weighted by Crippen LogP contribution is 2.15. The molecule has 0 saturated heterocycles. The quantitative estimate of drug-likeness (QED) is 0.0696. The molecule has 0 saturated carbocycles. The predicted octanol–water partition coefficient (Wildman–Crippen LogP) is 2.14. The van der Waals surface area contributed by atoms with Gasteiger partial charge in [-0.05, 0) is 35.1 Å². The van der Waals surface area contributed by atoms with Crippen LogP contribution in [0.1, 0.15) is 35.1 Å². The van der Waals surface area contributed by atoms with E-state index in [9.17, 15) is 33.9 Å². The fourth-order valence-corrected chi connectivity index (χ4v) is 5.73. The smallest absolute Gasteiger partial charge is 0.408 e. The topological polar surface area (TPSA) is 241 Å². The van der Waals surface area contributed by atoms with Crippen LogP contribution in [0.2, 0.25) is 0 Å². The second-order valence-corrected chi connectivity index (χ2v) is 13.0. The minimum Gasteiger partial charge on any atom is -0.445 e. The fourth-order valence-electron chi connectivity index (χ4n) is 5.73. The third-order valence-electron chi connectivity index (χ3n) is 8.53. The molecule has 0 fully saturated rings. The molecule has 0 bridgehead atoms. The lowest BCUT2D eigenvalue weighted by Gasteiger charge is -2.33. The van der Waals surface area contributed by atoms with E-state index in [1.807, 2.05) is 0 Å². The number of rotatable bonds is 20. The molecule has 56 heavy (non-hydrogen) atoms. The summed E-state index contributed by atoms with van der Waals surface area (Å²) in [5.41, 5.74) is 13.6. The minimum atomic E-state index is -1.54. The molecule has 15 nitrogen and oxygen atoms in total. The predicted molar refractivity (Wildman–Crippen MR) is 205 cm³/mol. The number of hydrogen-bond donors (Lipinski definition) is 7. The van der Waals surface area contributed by atoms with Crippen molar-refractivity contribution in [1.29, 1.82) is 0 Å². The number of hydrogen-bond acceptors (Lipinski definition) is 9. The number of aliphatic hydroxyl groups is 1. The monoisotopic (exact) mass is 766 g/mol. The first-order valence-electron chi connectivity index (χ1n) is 17.8. The summed E-state index contributed by atoms with van der Waals surface area (Å²) in [6.45, 7) is -0.214. The van der Waals surface area contributed by atoms with Crippen LogP contribution in [-0.4, -0.2) is 71.2 Å². The molecule has 0 aliphatic heterocycles. The summed E-state index contributed by atoms with van der Waals surface area (Å²) in [4.78, 5) is 77.2. The molecule has 0 radical (unpaired) electrons. The molecule has 2 unspecified atom stereocenters. The third-order valence-corrected chi connectivity index (χ3v) is 8.53. The van der Waals surface area contributed by atoms with Gasteiger partial charge < -0.3 is 47.3 Å². The van der Waals surface area contributed by atoms with Gasteiger partial charge in [-0.3, -0.25) is 19.2 Å². The van der Waals surface area contributed by atoms with Crippen LogP contribution in [-0.2, 0) is 54.7 Å². The van der Waals surface area contributed by atoms with Crippen LogP contribution in [0.15, 0.2) is 121 Å². The zero-order chi connectivity index (χ0) is 40.3. The summed E-state index contributed by atoms with van der Waals surface area (Å²) >= 11 is 0. The van der Waals surface area contributed by atoms with Gasteiger partial charge in [-0.2, -0.15) is 0 Å². The van der Waals surface area contributed by atoms with Crippen molar-refractivity contribution in [2.45, 2.75) is 69.2 Å². The van der Waals surface area contributed by atoms with Gasteiger partial charge in [0.1, 0.15) is 25.3 Å². The van der Waals surface area contributed by atoms with E-state index in [-0.39, 0.29) is 26.1 Å². The second kappa shape index (κ2) is 21.8. The summed E-state index contributed by atoms with van der Waals surface area (Å²) < 4.78 is 10.5. The SMILES string of the molecule is NC(=O)C[C@H](NC(=O)OCc1ccccc1)C(=O)NC(Cc1ccccc1)C(O)C(Cc1ccccc1)NC(=O)[C@H](CC(N)=O)NC(=O)OCc1ccccc1. The lowest BCUT2D eigenvalue weighted by atomic mass is 9.91. The van der Waals surface area contributed by atoms with Crippen molar-refractivity contribution in [2.75, 3.05) is 0 Å². The minimum absolute atomic E-state index is 0.0332. The summed E-state index contributed by atoms with van der Waals surface area (Å²) in [5.74, 6) is -3.50. The van der Waals surface area contributed by atoms with Gasteiger partial charge in [0.2, 0.25) is 23.6 Å². The number of nitrogens with one attached hydrogen (secondary N) is 4. The third kappa shape index (κ3) is 14.6. The van der Waals surface area contributed by atoms with Crippen LogP contribution in [0, 0.1) is 0 Å². The molecule has 4 aromatic carbocycles. The maximum atomic E-state index is 13.8. The molecule has 294 valence electrons. The first-order valence-corrected chi connectivity index (χ1v) is 17.8. The van der Waals surface area contributed by atoms with Crippen LogP contribution < -0.4 is 32.7 Å². The van der Waals surface area contributed by atoms with Gasteiger partial charge in [0.05, 0.1) is 31.0 Å². The zero-order valence-electron chi connectivity index (χ0n) is 30.5. The number of aliphatic hydroxyl groups excluding tert-OH is 1. The van der Waals surface area contributed by atoms with Gasteiger partial charge in [0, 0.05) is 0 Å². The average molecular weight is 767 g/mol. The van der Waals surface area contributed by atoms with Gasteiger partial charge in [0.15, 0.2) is 0 Å². The largest absolute Gasteiger partial charge is 0.445 e. The summed E-state index contributed by atoms with van der Waals surface area (Å²) in [6, 6.07) is 30.1. The number of amides is 6. The maximum Gasteiger partial charge on any atom is 0.408 e. The van der Waals surface area contributed by atoms with Crippen molar-refractivity contribution < 1.29 is 43.3 Å². The van der Waals surface area contributed by atoms with E-state index < -0.39 is 78.9 Å². The molecule has 0 aromatic heterocycles. The van der Waals surface area contributed by atoms with Gasteiger partial charge in [0.25, 0.3) is 0 Å². The van der Waals surface area contributed by atoms with Crippen molar-refractivity contribution >= 4 is 35.8 Å². The Kier molecular flexibility index (Phi) is 16.4. The van der Waals surface area contributed by atoms with Gasteiger partial charge in [-0.25, -0.2) is 9.59 Å². The van der Waals surface area contributed by atoms with Crippen LogP contribution in [0.5, 0.6) is 0 Å². The average Bonchev–Trinajstić information content (AvgIpc) is 3.19. The fraction of sp³-hybridized carbons (Fsp3) is 0.268. The Morgan fingerprint density at radius 2 is 0.786 bits per heavy atom. The summed E-state index contributed by atoms with van der Waals surface area (Å²) in [7, 11) is 0. The van der Waals surface area contributed by atoms with Gasteiger partial charge in [-0.1, -0.05) is 121 Å². The lowest BCUT2D eigenvalue weighted by Crippen LogP contribution is -2.60. The standard InChI is InChI=1S/C41H46N6O9/c42-35(48)23-33(46-40(53)55-25-29-17-9-3-10-18-29)38(51)44-31(21-27-13-5-1-6-14-27)37(50)32(22-28-15-7-2-8-16-28)45-39(52)34(24-36(43)49)47-41(54)56-26-30-19-11-4-12-20-30/h1-20,31-34,37,50H,21-26H2,(H2,42,48)(H2,43,49)(H,44,51)(H,45,52)(H,46,53)(H,47,54)/t31?,32?,33-,34-,37?/m0/s1. The zero-order valence-corrected chi connectivity index (χ0v) is 30.5. The van der Waals surface area contributed by atoms with E-state index in [0.717, 1.165) is 0 Å². The molecule has 4 aromatic rings. The van der Waals surface area contributed by atoms with Crippen LogP contribution in [0.25, 0.3) is 0 Å². The highest BCUT2D eigenvalue weighted by molar-refractivity contribution is 5.91. The van der Waals surface area contributed by atoms with Gasteiger partial charge in [-0.15, -0.1) is 0 Å². The van der Waals surface area contributed by atoms with Crippen LogP contribution in [0.4, 0.5) is 9.59 Å². The molecule has 0 aliphatic rings. The lowest BCUT2D eigenvalue weighted by molar-refractivity contribution is -0.129. The van der Waals surface area contributed by atoms with E-state index in [1.165, 1.54) is 0 Å². The Labute approximate surface area is 324 Å². The van der Waals surface area contributed by atoms with Crippen LogP contribution in [0.3, 0.4) is 0 Å². The molecule has 0 heterocycles. The van der Waals surface area contributed by atoms with Crippen molar-refractivity contribution in [1.82, 2.24) is 21.3 Å². The Morgan fingerprint density at radius 1 is 0.482 bits per heavy atom. The van der Waals surface area contributed by atoms with Crippen molar-refractivity contribution in [2.24, 2.45) is 11.5 Å². The number of benzene rings is 4. The molecule has 9 N–H and O–H groups in total. The van der Waals surface area contributed by atoms with Crippen molar-refractivity contribution in [3.63, 3.8) is 0 Å². The number of carbonyl (C=O) groups excluding carboxylic acids is 6. The first-order chi connectivity index (χ1) is 27.0. The molecule has 4 atom stereocenters. The van der Waals surface area contributed by atoms with E-state index in [0.29, 0.717) is 22.3 Å². The van der Waals surface area contributed by atoms with E-state index >= 15 is 0 Å². The van der Waals surface area contributed by atoms with E-state index in [1.54, 1.807) is 121 Å².